The van der Waals surface area contributed by atoms with Gasteiger partial charge in [0.05, 0.1) is 4.92 Å². The Morgan fingerprint density at radius 1 is 1.11 bits per heavy atom. The van der Waals surface area contributed by atoms with E-state index in [0.717, 1.165) is 55.8 Å². The zero-order chi connectivity index (χ0) is 24.4. The van der Waals surface area contributed by atoms with E-state index < -0.39 is 10.2 Å². The molecule has 2 aromatic carbocycles. The number of hydrogen-bond acceptors (Lipinski definition) is 7. The monoisotopic (exact) mass is 492 g/mol. The lowest BCUT2D eigenvalue weighted by molar-refractivity contribution is -0.384. The smallest absolute Gasteiger partial charge is 0.293 e. The molecule has 10 heteroatoms. The molecule has 9 nitrogen and oxygen atoms in total. The molecule has 2 aliphatic rings. The number of rotatable bonds is 8. The quantitative estimate of drug-likeness (QED) is 0.259. The summed E-state index contributed by atoms with van der Waals surface area (Å²) in [4.78, 5) is 27.0. The number of anilines is 2. The maximum absolute atomic E-state index is 13.6. The summed E-state index contributed by atoms with van der Waals surface area (Å²) in [5.41, 5.74) is 1.62. The van der Waals surface area contributed by atoms with Gasteiger partial charge in [-0.15, -0.1) is 10.2 Å². The molecular weight excluding hydrogens is 464 g/mol. The molecule has 0 radical (unpaired) electrons. The molecule has 35 heavy (non-hydrogen) atoms. The second-order valence-corrected chi connectivity index (χ2v) is 10.2. The first-order chi connectivity index (χ1) is 17.0. The molecule has 3 aromatic rings. The number of carbonyl (C=O) groups is 1. The van der Waals surface area contributed by atoms with Crippen LogP contribution in [0.2, 0.25) is 0 Å². The molecule has 1 aliphatic carbocycles. The first-order valence-corrected chi connectivity index (χ1v) is 12.9. The summed E-state index contributed by atoms with van der Waals surface area (Å²) < 4.78 is 2.19. The van der Waals surface area contributed by atoms with Crippen LogP contribution in [0.5, 0.6) is 0 Å². The van der Waals surface area contributed by atoms with Gasteiger partial charge in [0.25, 0.3) is 5.69 Å². The SMILES string of the molecule is Cc1ccc(NC(=O)[C@H](Sc2nnc(N3CCCCC3)n2C2CC2)c2ccccc2)c([N+](=O)[O-])c1. The van der Waals surface area contributed by atoms with Crippen molar-refractivity contribution in [3.8, 4) is 0 Å². The first kappa shape index (κ1) is 23.3. The van der Waals surface area contributed by atoms with Crippen LogP contribution in [0.25, 0.3) is 0 Å². The van der Waals surface area contributed by atoms with Crippen molar-refractivity contribution in [3.05, 3.63) is 69.8 Å². The summed E-state index contributed by atoms with van der Waals surface area (Å²) >= 11 is 1.35. The van der Waals surface area contributed by atoms with Crippen LogP contribution in [0.15, 0.2) is 53.7 Å². The van der Waals surface area contributed by atoms with E-state index in [2.05, 4.69) is 25.0 Å². The molecule has 1 saturated carbocycles. The number of nitro groups is 1. The van der Waals surface area contributed by atoms with Crippen molar-refractivity contribution < 1.29 is 9.72 Å². The Morgan fingerprint density at radius 3 is 2.54 bits per heavy atom. The fourth-order valence-electron chi connectivity index (χ4n) is 4.41. The van der Waals surface area contributed by atoms with Gasteiger partial charge in [-0.1, -0.05) is 48.2 Å². The second kappa shape index (κ2) is 10.1. The second-order valence-electron chi connectivity index (χ2n) is 9.11. The lowest BCUT2D eigenvalue weighted by atomic mass is 10.1. The van der Waals surface area contributed by atoms with Gasteiger partial charge in [-0.05, 0) is 56.2 Å². The van der Waals surface area contributed by atoms with Gasteiger partial charge in [-0.25, -0.2) is 0 Å². The van der Waals surface area contributed by atoms with Gasteiger partial charge in [-0.2, -0.15) is 0 Å². The summed E-state index contributed by atoms with van der Waals surface area (Å²) in [5.74, 6) is 0.550. The number of hydrogen-bond donors (Lipinski definition) is 1. The highest BCUT2D eigenvalue weighted by atomic mass is 32.2. The topological polar surface area (TPSA) is 106 Å². The van der Waals surface area contributed by atoms with E-state index in [9.17, 15) is 14.9 Å². The normalized spacial score (nSPS) is 16.7. The summed E-state index contributed by atoms with van der Waals surface area (Å²) in [6.07, 6.45) is 5.67. The van der Waals surface area contributed by atoms with Crippen molar-refractivity contribution >= 4 is 35.0 Å². The molecule has 1 N–H and O–H groups in total. The maximum atomic E-state index is 13.6. The average molecular weight is 493 g/mol. The van der Waals surface area contributed by atoms with Gasteiger partial charge in [0, 0.05) is 25.2 Å². The molecule has 0 bridgehead atoms. The Kier molecular flexibility index (Phi) is 6.72. The number of nitro benzene ring substituents is 1. The molecule has 2 fully saturated rings. The van der Waals surface area contributed by atoms with E-state index in [0.29, 0.717) is 11.2 Å². The molecular formula is C25H28N6O3S. The molecule has 1 amide bonds. The maximum Gasteiger partial charge on any atom is 0.293 e. The molecule has 0 unspecified atom stereocenters. The van der Waals surface area contributed by atoms with Crippen molar-refractivity contribution in [2.24, 2.45) is 0 Å². The van der Waals surface area contributed by atoms with Crippen molar-refractivity contribution in [3.63, 3.8) is 0 Å². The van der Waals surface area contributed by atoms with Gasteiger partial charge in [-0.3, -0.25) is 19.5 Å². The molecule has 182 valence electrons. The Balaban J connectivity index is 1.46. The number of nitrogens with zero attached hydrogens (tertiary/aromatic N) is 5. The van der Waals surface area contributed by atoms with E-state index in [4.69, 9.17) is 0 Å². The first-order valence-electron chi connectivity index (χ1n) is 12.0. The standard InChI is InChI=1S/C25H28N6O3S/c1-17-10-13-20(21(16-17)31(33)34)26-23(32)22(18-8-4-2-5-9-18)35-25-28-27-24(30(25)19-11-12-19)29-14-6-3-7-15-29/h2,4-5,8-10,13,16,19,22H,3,6-7,11-12,14-15H2,1H3,(H,26,32)/t22-/m1/s1. The Hall–Kier alpha value is -3.40. The fourth-order valence-corrected chi connectivity index (χ4v) is 5.52. The zero-order valence-electron chi connectivity index (χ0n) is 19.6. The third-order valence-electron chi connectivity index (χ3n) is 6.37. The molecule has 1 aromatic heterocycles. The third-order valence-corrected chi connectivity index (χ3v) is 7.58. The number of thioether (sulfide) groups is 1. The number of piperidine rings is 1. The summed E-state index contributed by atoms with van der Waals surface area (Å²) in [7, 11) is 0. The molecule has 0 spiro atoms. The molecule has 5 rings (SSSR count). The number of nitrogens with one attached hydrogen (secondary N) is 1. The van der Waals surface area contributed by atoms with Crippen LogP contribution in [-0.4, -0.2) is 38.7 Å². The molecule has 2 heterocycles. The van der Waals surface area contributed by atoms with Crippen molar-refractivity contribution in [2.75, 3.05) is 23.3 Å². The van der Waals surface area contributed by atoms with E-state index >= 15 is 0 Å². The minimum Gasteiger partial charge on any atom is -0.341 e. The predicted octanol–water partition coefficient (Wildman–Crippen LogP) is 5.29. The van der Waals surface area contributed by atoms with Crippen LogP contribution >= 0.6 is 11.8 Å². The molecule has 1 saturated heterocycles. The highest BCUT2D eigenvalue weighted by Crippen LogP contribution is 2.44. The Morgan fingerprint density at radius 2 is 1.86 bits per heavy atom. The summed E-state index contributed by atoms with van der Waals surface area (Å²) in [6.45, 7) is 3.72. The average Bonchev–Trinajstić information content (AvgIpc) is 3.63. The lowest BCUT2D eigenvalue weighted by Crippen LogP contribution is -2.32. The van der Waals surface area contributed by atoms with Gasteiger partial charge in [0.15, 0.2) is 5.16 Å². The van der Waals surface area contributed by atoms with Crippen molar-refractivity contribution in [1.29, 1.82) is 0 Å². The van der Waals surface area contributed by atoms with Gasteiger partial charge < -0.3 is 10.2 Å². The van der Waals surface area contributed by atoms with Gasteiger partial charge in [0.1, 0.15) is 10.9 Å². The highest BCUT2D eigenvalue weighted by Gasteiger charge is 2.34. The van der Waals surface area contributed by atoms with Gasteiger partial charge >= 0.3 is 0 Å². The third kappa shape index (κ3) is 5.17. The van der Waals surface area contributed by atoms with E-state index in [1.165, 1.54) is 24.2 Å². The van der Waals surface area contributed by atoms with Crippen molar-refractivity contribution in [1.82, 2.24) is 14.8 Å². The number of aromatic nitrogens is 3. The fraction of sp³-hybridized carbons (Fsp3) is 0.400. The number of carbonyl (C=O) groups excluding carboxylic acids is 1. The van der Waals surface area contributed by atoms with Crippen LogP contribution in [-0.2, 0) is 4.79 Å². The Bertz CT molecular complexity index is 1220. The lowest BCUT2D eigenvalue weighted by Gasteiger charge is -2.28. The van der Waals surface area contributed by atoms with Crippen LogP contribution in [0.3, 0.4) is 0 Å². The largest absolute Gasteiger partial charge is 0.341 e. The van der Waals surface area contributed by atoms with E-state index in [-0.39, 0.29) is 17.3 Å². The van der Waals surface area contributed by atoms with E-state index in [1.807, 2.05) is 30.3 Å². The zero-order valence-corrected chi connectivity index (χ0v) is 20.4. The van der Waals surface area contributed by atoms with Crippen LogP contribution in [0.1, 0.15) is 54.5 Å². The minimum atomic E-state index is -0.645. The van der Waals surface area contributed by atoms with Crippen LogP contribution in [0, 0.1) is 17.0 Å². The molecule has 1 atom stereocenters. The van der Waals surface area contributed by atoms with Crippen LogP contribution in [0.4, 0.5) is 17.3 Å². The number of benzene rings is 2. The summed E-state index contributed by atoms with van der Waals surface area (Å²) in [5, 5.41) is 23.5. The molecule has 1 aliphatic heterocycles. The highest BCUT2D eigenvalue weighted by molar-refractivity contribution is 8.00. The number of amides is 1. The Labute approximate surface area is 208 Å². The van der Waals surface area contributed by atoms with Crippen LogP contribution < -0.4 is 10.2 Å². The van der Waals surface area contributed by atoms with E-state index in [1.54, 1.807) is 19.1 Å². The van der Waals surface area contributed by atoms with Crippen molar-refractivity contribution in [2.45, 2.75) is 55.5 Å². The minimum absolute atomic E-state index is 0.122. The van der Waals surface area contributed by atoms with Gasteiger partial charge in [0.2, 0.25) is 11.9 Å². The summed E-state index contributed by atoms with van der Waals surface area (Å²) in [6, 6.07) is 14.6. The predicted molar refractivity (Wildman–Crippen MR) is 136 cm³/mol. The number of aryl methyl sites for hydroxylation is 1.